The minimum atomic E-state index is -3.50. The number of ether oxygens (including phenoxy) is 1. The largest absolute Gasteiger partial charge is 0.494 e. The van der Waals surface area contributed by atoms with Gasteiger partial charge in [-0.3, -0.25) is 9.52 Å². The standard InChI is InChI=1S/C28H31ClN8O4S/c1-35-13-15-36(16-14-35)27(38)24-9-6-12-37(24)19-10-11-23(25(17-19)41-2)32-28-30-18-20(29)26(33-28)31-21-7-4-5-8-22(21)34-42(3,39)40/h4-12,17-18,34H,13-16H2,1-3H3,(H2,30,31,32,33). The lowest BCUT2D eigenvalue weighted by Gasteiger charge is -2.32. The first-order valence-electron chi connectivity index (χ1n) is 13.1. The Morgan fingerprint density at radius 2 is 1.71 bits per heavy atom. The number of carbonyl (C=O) groups is 1. The Balaban J connectivity index is 1.37. The lowest BCUT2D eigenvalue weighted by Crippen LogP contribution is -2.47. The number of halogens is 1. The molecule has 1 amide bonds. The normalized spacial score (nSPS) is 14.0. The van der Waals surface area contributed by atoms with Crippen molar-refractivity contribution in [3.05, 3.63) is 77.7 Å². The number of sulfonamides is 1. The van der Waals surface area contributed by atoms with Gasteiger partial charge in [0.15, 0.2) is 5.82 Å². The number of methoxy groups -OCH3 is 1. The Bertz CT molecular complexity index is 1700. The minimum absolute atomic E-state index is 0.0165. The number of anilines is 5. The topological polar surface area (TPSA) is 134 Å². The smallest absolute Gasteiger partial charge is 0.270 e. The van der Waals surface area contributed by atoms with E-state index in [2.05, 4.69) is 37.3 Å². The zero-order valence-electron chi connectivity index (χ0n) is 23.3. The lowest BCUT2D eigenvalue weighted by molar-refractivity contribution is 0.0656. The summed E-state index contributed by atoms with van der Waals surface area (Å²) < 4.78 is 33.6. The van der Waals surface area contributed by atoms with E-state index < -0.39 is 10.0 Å². The maximum Gasteiger partial charge on any atom is 0.270 e. The zero-order valence-corrected chi connectivity index (χ0v) is 24.9. The Labute approximate surface area is 249 Å². The van der Waals surface area contributed by atoms with E-state index in [4.69, 9.17) is 16.3 Å². The molecule has 42 heavy (non-hydrogen) atoms. The second kappa shape index (κ2) is 12.3. The van der Waals surface area contributed by atoms with Gasteiger partial charge in [-0.15, -0.1) is 0 Å². The quantitative estimate of drug-likeness (QED) is 0.255. The van der Waals surface area contributed by atoms with E-state index >= 15 is 0 Å². The van der Waals surface area contributed by atoms with Crippen LogP contribution in [0.5, 0.6) is 5.75 Å². The van der Waals surface area contributed by atoms with Crippen LogP contribution < -0.4 is 20.1 Å². The van der Waals surface area contributed by atoms with Crippen LogP contribution in [0, 0.1) is 0 Å². The van der Waals surface area contributed by atoms with Crippen LogP contribution in [0.4, 0.5) is 28.8 Å². The average molecular weight is 611 g/mol. The molecular formula is C28H31ClN8O4S. The maximum atomic E-state index is 13.3. The molecule has 4 aromatic rings. The Hall–Kier alpha value is -4.33. The van der Waals surface area contributed by atoms with Crippen LogP contribution in [0.15, 0.2) is 67.0 Å². The molecule has 0 aliphatic carbocycles. The van der Waals surface area contributed by atoms with Crippen molar-refractivity contribution < 1.29 is 17.9 Å². The number of hydrogen-bond acceptors (Lipinski definition) is 9. The highest BCUT2D eigenvalue weighted by molar-refractivity contribution is 7.92. The van der Waals surface area contributed by atoms with Gasteiger partial charge in [0.25, 0.3) is 5.91 Å². The monoisotopic (exact) mass is 610 g/mol. The third kappa shape index (κ3) is 6.75. The number of piperazine rings is 1. The van der Waals surface area contributed by atoms with Crippen molar-refractivity contribution in [3.8, 4) is 11.4 Å². The summed E-state index contributed by atoms with van der Waals surface area (Å²) in [6, 6.07) is 16.0. The first-order valence-corrected chi connectivity index (χ1v) is 15.4. The fraction of sp³-hybridized carbons (Fsp3) is 0.250. The summed E-state index contributed by atoms with van der Waals surface area (Å²) in [6.07, 6.45) is 4.36. The van der Waals surface area contributed by atoms with Crippen molar-refractivity contribution >= 4 is 56.4 Å². The maximum absolute atomic E-state index is 13.3. The summed E-state index contributed by atoms with van der Waals surface area (Å²) in [7, 11) is 0.106. The summed E-state index contributed by atoms with van der Waals surface area (Å²) in [4.78, 5) is 26.1. The molecule has 3 heterocycles. The van der Waals surface area contributed by atoms with Gasteiger partial charge in [0.2, 0.25) is 16.0 Å². The summed E-state index contributed by atoms with van der Waals surface area (Å²) in [6.45, 7) is 3.05. The van der Waals surface area contributed by atoms with Gasteiger partial charge in [0.05, 0.1) is 36.6 Å². The number of carbonyl (C=O) groups excluding carboxylic acids is 1. The Morgan fingerprint density at radius 3 is 2.43 bits per heavy atom. The van der Waals surface area contributed by atoms with E-state index in [1.807, 2.05) is 46.0 Å². The SMILES string of the molecule is COc1cc(-n2cccc2C(=O)N2CCN(C)CC2)ccc1Nc1ncc(Cl)c(Nc2ccccc2NS(C)(=O)=O)n1. The van der Waals surface area contributed by atoms with Crippen molar-refractivity contribution in [2.24, 2.45) is 0 Å². The number of rotatable bonds is 9. The van der Waals surface area contributed by atoms with E-state index in [0.29, 0.717) is 41.6 Å². The molecular weight excluding hydrogens is 580 g/mol. The highest BCUT2D eigenvalue weighted by Gasteiger charge is 2.23. The molecule has 0 bridgehead atoms. The molecule has 0 atom stereocenters. The van der Waals surface area contributed by atoms with E-state index in [1.54, 1.807) is 31.4 Å². The third-order valence-electron chi connectivity index (χ3n) is 6.69. The number of nitrogens with zero attached hydrogens (tertiary/aromatic N) is 5. The Kier molecular flexibility index (Phi) is 8.52. The molecule has 2 aromatic heterocycles. The fourth-order valence-electron chi connectivity index (χ4n) is 4.53. The van der Waals surface area contributed by atoms with Crippen LogP contribution in [-0.2, 0) is 10.0 Å². The number of nitrogens with one attached hydrogen (secondary N) is 3. The summed E-state index contributed by atoms with van der Waals surface area (Å²) in [5.41, 5.74) is 2.73. The molecule has 1 aliphatic heterocycles. The van der Waals surface area contributed by atoms with Crippen molar-refractivity contribution in [2.75, 3.05) is 61.9 Å². The molecule has 0 spiro atoms. The highest BCUT2D eigenvalue weighted by Crippen LogP contribution is 2.33. The van der Waals surface area contributed by atoms with Crippen molar-refractivity contribution in [2.45, 2.75) is 0 Å². The molecule has 0 unspecified atom stereocenters. The second-order valence-electron chi connectivity index (χ2n) is 9.80. The van der Waals surface area contributed by atoms with Gasteiger partial charge >= 0.3 is 0 Å². The minimum Gasteiger partial charge on any atom is -0.494 e. The van der Waals surface area contributed by atoms with Gasteiger partial charge in [0, 0.05) is 44.1 Å². The number of hydrogen-bond donors (Lipinski definition) is 3. The molecule has 1 aliphatic rings. The van der Waals surface area contributed by atoms with Crippen LogP contribution in [0.25, 0.3) is 5.69 Å². The molecule has 14 heteroatoms. The zero-order chi connectivity index (χ0) is 29.9. The number of aromatic nitrogens is 3. The fourth-order valence-corrected chi connectivity index (χ4v) is 5.24. The molecule has 1 fully saturated rings. The molecule has 2 aromatic carbocycles. The van der Waals surface area contributed by atoms with Gasteiger partial charge in [-0.25, -0.2) is 13.4 Å². The molecule has 220 valence electrons. The number of benzene rings is 2. The van der Waals surface area contributed by atoms with Gasteiger partial charge < -0.3 is 29.7 Å². The first-order chi connectivity index (χ1) is 20.1. The summed E-state index contributed by atoms with van der Waals surface area (Å²) in [5.74, 6) is 0.993. The van der Waals surface area contributed by atoms with E-state index in [1.165, 1.54) is 6.20 Å². The molecule has 3 N–H and O–H groups in total. The van der Waals surface area contributed by atoms with Crippen molar-refractivity contribution in [3.63, 3.8) is 0 Å². The van der Waals surface area contributed by atoms with Gasteiger partial charge in [-0.1, -0.05) is 23.7 Å². The Morgan fingerprint density at radius 1 is 0.976 bits per heavy atom. The van der Waals surface area contributed by atoms with Gasteiger partial charge in [-0.05, 0) is 43.4 Å². The molecule has 0 radical (unpaired) electrons. The molecule has 1 saturated heterocycles. The molecule has 0 saturated carbocycles. The van der Waals surface area contributed by atoms with Gasteiger partial charge in [-0.2, -0.15) is 4.98 Å². The predicted octanol–water partition coefficient (Wildman–Crippen LogP) is 4.18. The number of para-hydroxylation sites is 2. The van der Waals surface area contributed by atoms with E-state index in [9.17, 15) is 13.2 Å². The predicted molar refractivity (Wildman–Crippen MR) is 164 cm³/mol. The second-order valence-corrected chi connectivity index (χ2v) is 12.0. The summed E-state index contributed by atoms with van der Waals surface area (Å²) in [5, 5.41) is 6.46. The highest BCUT2D eigenvalue weighted by atomic mass is 35.5. The summed E-state index contributed by atoms with van der Waals surface area (Å²) >= 11 is 6.36. The van der Waals surface area contributed by atoms with E-state index in [-0.39, 0.29) is 22.7 Å². The first kappa shape index (κ1) is 29.2. The number of amides is 1. The van der Waals surface area contributed by atoms with E-state index in [0.717, 1.165) is 25.0 Å². The van der Waals surface area contributed by atoms with Crippen LogP contribution in [0.3, 0.4) is 0 Å². The molecule has 12 nitrogen and oxygen atoms in total. The van der Waals surface area contributed by atoms with Crippen molar-refractivity contribution in [1.82, 2.24) is 24.3 Å². The number of likely N-dealkylation sites (N-methyl/N-ethyl adjacent to an activating group) is 1. The lowest BCUT2D eigenvalue weighted by atomic mass is 10.2. The average Bonchev–Trinajstić information content (AvgIpc) is 3.45. The van der Waals surface area contributed by atoms with Gasteiger partial charge in [0.1, 0.15) is 16.5 Å². The molecule has 5 rings (SSSR count). The van der Waals surface area contributed by atoms with Crippen LogP contribution in [0.2, 0.25) is 5.02 Å². The third-order valence-corrected chi connectivity index (χ3v) is 7.56. The van der Waals surface area contributed by atoms with Crippen LogP contribution in [-0.4, -0.2) is 85.3 Å². The van der Waals surface area contributed by atoms with Crippen LogP contribution >= 0.6 is 11.6 Å². The van der Waals surface area contributed by atoms with Crippen LogP contribution in [0.1, 0.15) is 10.5 Å². The van der Waals surface area contributed by atoms with Crippen molar-refractivity contribution in [1.29, 1.82) is 0 Å².